The monoisotopic (exact) mass is 274 g/mol. The Morgan fingerprint density at radius 1 is 1.30 bits per heavy atom. The molecule has 0 spiro atoms. The molecule has 2 aromatic rings. The van der Waals surface area contributed by atoms with Gasteiger partial charge in [0, 0.05) is 25.9 Å². The van der Waals surface area contributed by atoms with Crippen LogP contribution in [0.15, 0.2) is 36.7 Å². The van der Waals surface area contributed by atoms with Crippen molar-refractivity contribution in [3.63, 3.8) is 0 Å². The van der Waals surface area contributed by atoms with Gasteiger partial charge in [-0.05, 0) is 24.1 Å². The van der Waals surface area contributed by atoms with Gasteiger partial charge in [0.05, 0.1) is 7.11 Å². The van der Waals surface area contributed by atoms with Gasteiger partial charge in [0.2, 0.25) is 0 Å². The lowest BCUT2D eigenvalue weighted by molar-refractivity contribution is -0.140. The largest absolute Gasteiger partial charge is 0.486 e. The molecule has 2 rings (SSSR count). The lowest BCUT2D eigenvalue weighted by Crippen LogP contribution is -2.03. The minimum atomic E-state index is -0.194. The quantitative estimate of drug-likeness (QED) is 0.757. The number of ether oxygens (including phenoxy) is 2. The normalized spacial score (nSPS) is 10.3. The fraction of sp³-hybridized carbons (Fsp3) is 0.333. The first kappa shape index (κ1) is 14.1. The molecule has 0 fully saturated rings. The van der Waals surface area contributed by atoms with E-state index in [1.165, 1.54) is 7.11 Å². The van der Waals surface area contributed by atoms with Gasteiger partial charge in [-0.25, -0.2) is 4.98 Å². The van der Waals surface area contributed by atoms with E-state index in [1.54, 1.807) is 6.20 Å². The third-order valence-corrected chi connectivity index (χ3v) is 3.06. The molecule has 0 radical (unpaired) electrons. The summed E-state index contributed by atoms with van der Waals surface area (Å²) >= 11 is 0. The molecule has 20 heavy (non-hydrogen) atoms. The van der Waals surface area contributed by atoms with Gasteiger partial charge >= 0.3 is 5.97 Å². The molecule has 0 atom stereocenters. The number of aryl methyl sites for hydroxylation is 2. The first-order valence-corrected chi connectivity index (χ1v) is 6.44. The molecule has 5 nitrogen and oxygen atoms in total. The van der Waals surface area contributed by atoms with Crippen LogP contribution in [-0.4, -0.2) is 22.6 Å². The molecule has 0 aliphatic heterocycles. The van der Waals surface area contributed by atoms with Crippen LogP contribution in [0.1, 0.15) is 17.8 Å². The molecular weight excluding hydrogens is 256 g/mol. The van der Waals surface area contributed by atoms with Crippen molar-refractivity contribution in [2.45, 2.75) is 19.4 Å². The minimum Gasteiger partial charge on any atom is -0.486 e. The van der Waals surface area contributed by atoms with E-state index in [-0.39, 0.29) is 5.97 Å². The lowest BCUT2D eigenvalue weighted by Gasteiger charge is -2.07. The summed E-state index contributed by atoms with van der Waals surface area (Å²) in [7, 11) is 3.33. The van der Waals surface area contributed by atoms with Crippen molar-refractivity contribution < 1.29 is 14.3 Å². The third kappa shape index (κ3) is 3.85. The first-order chi connectivity index (χ1) is 9.69. The molecule has 106 valence electrons. The molecule has 0 aliphatic rings. The van der Waals surface area contributed by atoms with E-state index >= 15 is 0 Å². The number of aromatic nitrogens is 2. The number of carbonyl (C=O) groups is 1. The summed E-state index contributed by atoms with van der Waals surface area (Å²) < 4.78 is 12.2. The van der Waals surface area contributed by atoms with Crippen LogP contribution in [0.5, 0.6) is 5.75 Å². The summed E-state index contributed by atoms with van der Waals surface area (Å²) in [5.41, 5.74) is 1.08. The van der Waals surface area contributed by atoms with E-state index < -0.39 is 0 Å². The Bertz CT molecular complexity index is 561. The Labute approximate surface area is 118 Å². The SMILES string of the molecule is COC(=O)CCc1ccc(OCc2nccn2C)cc1. The van der Waals surface area contributed by atoms with Crippen molar-refractivity contribution in [2.24, 2.45) is 7.05 Å². The number of nitrogens with zero attached hydrogens (tertiary/aromatic N) is 2. The smallest absolute Gasteiger partial charge is 0.305 e. The summed E-state index contributed by atoms with van der Waals surface area (Å²) in [6, 6.07) is 7.71. The van der Waals surface area contributed by atoms with Crippen molar-refractivity contribution in [1.29, 1.82) is 0 Å². The van der Waals surface area contributed by atoms with Crippen molar-refractivity contribution in [1.82, 2.24) is 9.55 Å². The summed E-state index contributed by atoms with van der Waals surface area (Å²) in [5.74, 6) is 1.47. The second-order valence-corrected chi connectivity index (χ2v) is 4.46. The van der Waals surface area contributed by atoms with Crippen LogP contribution in [0.3, 0.4) is 0 Å². The van der Waals surface area contributed by atoms with Crippen molar-refractivity contribution in [3.05, 3.63) is 48.0 Å². The van der Waals surface area contributed by atoms with Crippen molar-refractivity contribution >= 4 is 5.97 Å². The average molecular weight is 274 g/mol. The van der Waals surface area contributed by atoms with Gasteiger partial charge in [-0.3, -0.25) is 4.79 Å². The maximum absolute atomic E-state index is 11.1. The molecule has 1 aromatic carbocycles. The number of hydrogen-bond acceptors (Lipinski definition) is 4. The zero-order valence-electron chi connectivity index (χ0n) is 11.7. The van der Waals surface area contributed by atoms with E-state index in [4.69, 9.17) is 4.74 Å². The number of rotatable bonds is 6. The maximum Gasteiger partial charge on any atom is 0.305 e. The van der Waals surface area contributed by atoms with E-state index in [1.807, 2.05) is 42.1 Å². The van der Waals surface area contributed by atoms with Gasteiger partial charge in [0.1, 0.15) is 18.2 Å². The highest BCUT2D eigenvalue weighted by Crippen LogP contribution is 2.15. The van der Waals surface area contributed by atoms with E-state index in [9.17, 15) is 4.79 Å². The zero-order chi connectivity index (χ0) is 14.4. The number of imidazole rings is 1. The third-order valence-electron chi connectivity index (χ3n) is 3.06. The highest BCUT2D eigenvalue weighted by atomic mass is 16.5. The van der Waals surface area contributed by atoms with Crippen LogP contribution in [0, 0.1) is 0 Å². The van der Waals surface area contributed by atoms with E-state index in [0.717, 1.165) is 17.1 Å². The van der Waals surface area contributed by atoms with Gasteiger partial charge in [0.25, 0.3) is 0 Å². The molecule has 1 aromatic heterocycles. The fourth-order valence-electron chi connectivity index (χ4n) is 1.78. The molecular formula is C15H18N2O3. The highest BCUT2D eigenvalue weighted by molar-refractivity contribution is 5.69. The zero-order valence-corrected chi connectivity index (χ0v) is 11.7. The summed E-state index contributed by atoms with van der Waals surface area (Å²) in [5, 5.41) is 0. The fourth-order valence-corrected chi connectivity index (χ4v) is 1.78. The molecule has 5 heteroatoms. The summed E-state index contributed by atoms with van der Waals surface area (Å²) in [6.45, 7) is 0.436. The van der Waals surface area contributed by atoms with Crippen LogP contribution in [-0.2, 0) is 29.6 Å². The Morgan fingerprint density at radius 3 is 2.65 bits per heavy atom. The van der Waals surface area contributed by atoms with Crippen molar-refractivity contribution in [3.8, 4) is 5.75 Å². The van der Waals surface area contributed by atoms with Crippen LogP contribution < -0.4 is 4.74 Å². The van der Waals surface area contributed by atoms with Gasteiger partial charge in [-0.1, -0.05) is 12.1 Å². The predicted octanol–water partition coefficient (Wildman–Crippen LogP) is 2.10. The van der Waals surface area contributed by atoms with Crippen LogP contribution in [0.2, 0.25) is 0 Å². The maximum atomic E-state index is 11.1. The summed E-state index contributed by atoms with van der Waals surface area (Å²) in [4.78, 5) is 15.3. The minimum absolute atomic E-state index is 0.194. The highest BCUT2D eigenvalue weighted by Gasteiger charge is 2.03. The van der Waals surface area contributed by atoms with Crippen LogP contribution in [0.4, 0.5) is 0 Å². The van der Waals surface area contributed by atoms with Crippen LogP contribution in [0.25, 0.3) is 0 Å². The standard InChI is InChI=1S/C15H18N2O3/c1-17-10-9-16-14(17)11-20-13-6-3-12(4-7-13)5-8-15(18)19-2/h3-4,6-7,9-10H,5,8,11H2,1-2H3. The Morgan fingerprint density at radius 2 is 2.05 bits per heavy atom. The molecule has 0 N–H and O–H groups in total. The number of esters is 1. The molecule has 0 unspecified atom stereocenters. The molecule has 0 amide bonds. The number of carbonyl (C=O) groups excluding carboxylic acids is 1. The van der Waals surface area contributed by atoms with Crippen molar-refractivity contribution in [2.75, 3.05) is 7.11 Å². The number of hydrogen-bond donors (Lipinski definition) is 0. The Kier molecular flexibility index (Phi) is 4.76. The van der Waals surface area contributed by atoms with Gasteiger partial charge in [0.15, 0.2) is 0 Å². The molecule has 0 aliphatic carbocycles. The van der Waals surface area contributed by atoms with Gasteiger partial charge < -0.3 is 14.0 Å². The second-order valence-electron chi connectivity index (χ2n) is 4.46. The average Bonchev–Trinajstić information content (AvgIpc) is 2.89. The predicted molar refractivity (Wildman–Crippen MR) is 74.3 cm³/mol. The first-order valence-electron chi connectivity index (χ1n) is 6.44. The number of benzene rings is 1. The number of methoxy groups -OCH3 is 1. The molecule has 0 bridgehead atoms. The lowest BCUT2D eigenvalue weighted by atomic mass is 10.1. The topological polar surface area (TPSA) is 53.4 Å². The van der Waals surface area contributed by atoms with Gasteiger partial charge in [-0.15, -0.1) is 0 Å². The Balaban J connectivity index is 1.85. The molecule has 1 heterocycles. The van der Waals surface area contributed by atoms with Gasteiger partial charge in [-0.2, -0.15) is 0 Å². The Hall–Kier alpha value is -2.30. The summed E-state index contributed by atoms with van der Waals surface area (Å²) in [6.07, 6.45) is 4.69. The van der Waals surface area contributed by atoms with E-state index in [0.29, 0.717) is 19.4 Å². The molecule has 0 saturated carbocycles. The van der Waals surface area contributed by atoms with E-state index in [2.05, 4.69) is 9.72 Å². The second kappa shape index (κ2) is 6.75. The van der Waals surface area contributed by atoms with Crippen LogP contribution >= 0.6 is 0 Å². The molecule has 0 saturated heterocycles.